The van der Waals surface area contributed by atoms with Gasteiger partial charge in [-0.15, -0.1) is 0 Å². The van der Waals surface area contributed by atoms with Gasteiger partial charge in [-0.05, 0) is 18.1 Å². The van der Waals surface area contributed by atoms with Crippen LogP contribution in [0.2, 0.25) is 0 Å². The molecule has 1 aliphatic carbocycles. The van der Waals surface area contributed by atoms with E-state index in [1.165, 1.54) is 0 Å². The average molecular weight is 406 g/mol. The van der Waals surface area contributed by atoms with Gasteiger partial charge in [0.05, 0.1) is 5.70 Å². The lowest BCUT2D eigenvalue weighted by molar-refractivity contribution is -0.117. The summed E-state index contributed by atoms with van der Waals surface area (Å²) in [5, 5.41) is 6.42. The fourth-order valence-corrected chi connectivity index (χ4v) is 4.48. The molecule has 4 heteroatoms. The molecule has 2 aliphatic rings. The van der Waals surface area contributed by atoms with Gasteiger partial charge in [0.2, 0.25) is 5.91 Å². The third kappa shape index (κ3) is 3.26. The number of amides is 1. The molecule has 0 saturated heterocycles. The molecule has 3 aromatic carbocycles. The van der Waals surface area contributed by atoms with Gasteiger partial charge < -0.3 is 10.6 Å². The number of rotatable bonds is 4. The van der Waals surface area contributed by atoms with E-state index in [4.69, 9.17) is 0 Å². The van der Waals surface area contributed by atoms with Crippen LogP contribution in [-0.4, -0.2) is 11.7 Å². The topological polar surface area (TPSA) is 58.2 Å². The van der Waals surface area contributed by atoms with Crippen molar-refractivity contribution in [2.75, 3.05) is 0 Å². The standard InChI is InChI=1S/C27H22N2O2/c1-17-22(27(31)28-16-18-10-4-2-5-11-18)23(19-12-6-3-7-13-19)24-25(29-17)20-14-8-9-15-21(20)26(24)30/h2-15,23,29H,16H2,1H3,(H,28,31)/t23-/m0/s1. The van der Waals surface area contributed by atoms with Gasteiger partial charge in [0.15, 0.2) is 5.78 Å². The Balaban J connectivity index is 1.56. The molecule has 1 heterocycles. The van der Waals surface area contributed by atoms with E-state index in [-0.39, 0.29) is 11.7 Å². The van der Waals surface area contributed by atoms with E-state index in [0.29, 0.717) is 23.3 Å². The van der Waals surface area contributed by atoms with E-state index in [1.54, 1.807) is 0 Å². The predicted octanol–water partition coefficient (Wildman–Crippen LogP) is 4.57. The molecule has 1 aliphatic heterocycles. The molecule has 1 atom stereocenters. The van der Waals surface area contributed by atoms with E-state index in [1.807, 2.05) is 91.9 Å². The molecule has 0 bridgehead atoms. The highest BCUT2D eigenvalue weighted by molar-refractivity contribution is 6.23. The molecule has 0 saturated carbocycles. The summed E-state index contributed by atoms with van der Waals surface area (Å²) in [5.74, 6) is -0.612. The number of hydrogen-bond acceptors (Lipinski definition) is 3. The Kier molecular flexibility index (Phi) is 4.75. The van der Waals surface area contributed by atoms with Gasteiger partial charge in [0, 0.05) is 40.4 Å². The van der Waals surface area contributed by atoms with Crippen molar-refractivity contribution in [2.45, 2.75) is 19.4 Å². The van der Waals surface area contributed by atoms with Crippen molar-refractivity contribution >= 4 is 17.4 Å². The van der Waals surface area contributed by atoms with Crippen molar-refractivity contribution in [1.82, 2.24) is 10.6 Å². The van der Waals surface area contributed by atoms with E-state index >= 15 is 0 Å². The predicted molar refractivity (Wildman–Crippen MR) is 121 cm³/mol. The molecule has 3 aromatic rings. The number of ketones is 1. The quantitative estimate of drug-likeness (QED) is 0.667. The molecule has 2 N–H and O–H groups in total. The Hall–Kier alpha value is -3.92. The van der Waals surface area contributed by atoms with Crippen LogP contribution in [0.15, 0.2) is 102 Å². The van der Waals surface area contributed by atoms with Gasteiger partial charge in [-0.3, -0.25) is 9.59 Å². The summed E-state index contributed by atoms with van der Waals surface area (Å²) in [6, 6.07) is 27.2. The molecule has 4 nitrogen and oxygen atoms in total. The van der Waals surface area contributed by atoms with Crippen LogP contribution in [0.5, 0.6) is 0 Å². The number of carbonyl (C=O) groups is 2. The molecular weight excluding hydrogens is 384 g/mol. The second-order valence-corrected chi connectivity index (χ2v) is 7.84. The SMILES string of the molecule is CC1=C(C(=O)NCc2ccccc2)[C@H](c2ccccc2)C2=C(N1)c1ccccc1C2=O. The average Bonchev–Trinajstić information content (AvgIpc) is 3.09. The maximum absolute atomic E-state index is 13.4. The van der Waals surface area contributed by atoms with Crippen LogP contribution in [0.25, 0.3) is 5.70 Å². The van der Waals surface area contributed by atoms with Crippen molar-refractivity contribution in [2.24, 2.45) is 0 Å². The summed E-state index contributed by atoms with van der Waals surface area (Å²) in [7, 11) is 0. The molecule has 31 heavy (non-hydrogen) atoms. The maximum Gasteiger partial charge on any atom is 0.250 e. The van der Waals surface area contributed by atoms with Crippen molar-refractivity contribution in [3.8, 4) is 0 Å². The first-order valence-electron chi connectivity index (χ1n) is 10.4. The Morgan fingerprint density at radius 3 is 2.19 bits per heavy atom. The molecule has 1 amide bonds. The molecular formula is C27H22N2O2. The molecule has 152 valence electrons. The van der Waals surface area contributed by atoms with Crippen LogP contribution < -0.4 is 10.6 Å². The van der Waals surface area contributed by atoms with Gasteiger partial charge in [-0.25, -0.2) is 0 Å². The smallest absolute Gasteiger partial charge is 0.250 e. The number of nitrogens with one attached hydrogen (secondary N) is 2. The lowest BCUT2D eigenvalue weighted by Gasteiger charge is -2.29. The molecule has 0 unspecified atom stereocenters. The number of fused-ring (bicyclic) bond motifs is 2. The number of carbonyl (C=O) groups excluding carboxylic acids is 2. The molecule has 0 aromatic heterocycles. The van der Waals surface area contributed by atoms with Gasteiger partial charge >= 0.3 is 0 Å². The van der Waals surface area contributed by atoms with Crippen LogP contribution in [0.3, 0.4) is 0 Å². The minimum absolute atomic E-state index is 0.0205. The van der Waals surface area contributed by atoms with Gasteiger partial charge in [-0.1, -0.05) is 84.9 Å². The van der Waals surface area contributed by atoms with Crippen LogP contribution in [0.4, 0.5) is 0 Å². The Labute approximate surface area is 181 Å². The zero-order chi connectivity index (χ0) is 21.4. The third-order valence-corrected chi connectivity index (χ3v) is 5.92. The van der Waals surface area contributed by atoms with Crippen LogP contribution in [0, 0.1) is 0 Å². The molecule has 0 spiro atoms. The normalized spacial score (nSPS) is 17.2. The number of Topliss-reactive ketones (excluding diaryl/α,β-unsaturated/α-hetero) is 1. The Bertz CT molecular complexity index is 1240. The Morgan fingerprint density at radius 2 is 1.48 bits per heavy atom. The van der Waals surface area contributed by atoms with E-state index < -0.39 is 5.92 Å². The second kappa shape index (κ2) is 7.73. The van der Waals surface area contributed by atoms with Crippen LogP contribution in [-0.2, 0) is 11.3 Å². The highest BCUT2D eigenvalue weighted by Gasteiger charge is 2.42. The van der Waals surface area contributed by atoms with E-state index in [0.717, 1.165) is 28.1 Å². The Morgan fingerprint density at radius 1 is 0.871 bits per heavy atom. The zero-order valence-electron chi connectivity index (χ0n) is 17.2. The monoisotopic (exact) mass is 406 g/mol. The molecule has 0 fully saturated rings. The minimum Gasteiger partial charge on any atom is -0.358 e. The molecule has 5 rings (SSSR count). The van der Waals surface area contributed by atoms with Crippen molar-refractivity contribution in [3.63, 3.8) is 0 Å². The highest BCUT2D eigenvalue weighted by atomic mass is 16.2. The fourth-order valence-electron chi connectivity index (χ4n) is 4.48. The summed E-state index contributed by atoms with van der Waals surface area (Å²) in [4.78, 5) is 26.8. The van der Waals surface area contributed by atoms with Gasteiger partial charge in [0.1, 0.15) is 0 Å². The van der Waals surface area contributed by atoms with E-state index in [9.17, 15) is 9.59 Å². The summed E-state index contributed by atoms with van der Waals surface area (Å²) in [6.07, 6.45) is 0. The number of hydrogen-bond donors (Lipinski definition) is 2. The van der Waals surface area contributed by atoms with Gasteiger partial charge in [-0.2, -0.15) is 0 Å². The number of benzene rings is 3. The van der Waals surface area contributed by atoms with Crippen molar-refractivity contribution in [1.29, 1.82) is 0 Å². The zero-order valence-corrected chi connectivity index (χ0v) is 17.2. The first-order valence-corrected chi connectivity index (χ1v) is 10.4. The summed E-state index contributed by atoms with van der Waals surface area (Å²) < 4.78 is 0. The summed E-state index contributed by atoms with van der Waals surface area (Å²) >= 11 is 0. The minimum atomic E-state index is -0.423. The van der Waals surface area contributed by atoms with Crippen molar-refractivity contribution < 1.29 is 9.59 Å². The second-order valence-electron chi connectivity index (χ2n) is 7.84. The number of allylic oxidation sites excluding steroid dienone is 2. The first kappa shape index (κ1) is 19.1. The van der Waals surface area contributed by atoms with Crippen LogP contribution in [0.1, 0.15) is 39.9 Å². The van der Waals surface area contributed by atoms with Crippen LogP contribution >= 0.6 is 0 Å². The third-order valence-electron chi connectivity index (χ3n) is 5.92. The fraction of sp³-hybridized carbons (Fsp3) is 0.111. The van der Waals surface area contributed by atoms with Gasteiger partial charge in [0.25, 0.3) is 0 Å². The molecule has 0 radical (unpaired) electrons. The first-order chi connectivity index (χ1) is 15.1. The van der Waals surface area contributed by atoms with E-state index in [2.05, 4.69) is 10.6 Å². The largest absolute Gasteiger partial charge is 0.358 e. The lowest BCUT2D eigenvalue weighted by Crippen LogP contribution is -2.34. The summed E-state index contributed by atoms with van der Waals surface area (Å²) in [6.45, 7) is 2.33. The maximum atomic E-state index is 13.4. The highest BCUT2D eigenvalue weighted by Crippen LogP contribution is 2.46. The lowest BCUT2D eigenvalue weighted by atomic mass is 9.79. The number of dihydropyridines is 1. The summed E-state index contributed by atoms with van der Waals surface area (Å²) in [5.41, 5.74) is 6.34. The van der Waals surface area contributed by atoms with Crippen molar-refractivity contribution in [3.05, 3.63) is 124 Å².